The zero-order chi connectivity index (χ0) is 15.5. The van der Waals surface area contributed by atoms with Crippen molar-refractivity contribution in [2.75, 3.05) is 5.32 Å². The van der Waals surface area contributed by atoms with Crippen LogP contribution in [0.1, 0.15) is 12.5 Å². The Morgan fingerprint density at radius 3 is 2.68 bits per heavy atom. The average molecular weight is 293 g/mol. The van der Waals surface area contributed by atoms with Gasteiger partial charge in [-0.25, -0.2) is 0 Å². The molecular formula is C17H15N3O2. The predicted octanol–water partition coefficient (Wildman–Crippen LogP) is 2.61. The maximum absolute atomic E-state index is 11.3. The summed E-state index contributed by atoms with van der Waals surface area (Å²) in [5, 5.41) is 9.09. The van der Waals surface area contributed by atoms with Crippen molar-refractivity contribution in [2.24, 2.45) is 0 Å². The molecular weight excluding hydrogens is 278 g/mol. The van der Waals surface area contributed by atoms with Crippen molar-refractivity contribution in [2.45, 2.75) is 13.5 Å². The van der Waals surface area contributed by atoms with Crippen LogP contribution in [0.4, 0.5) is 5.82 Å². The third-order valence-corrected chi connectivity index (χ3v) is 3.41. The fourth-order valence-corrected chi connectivity index (χ4v) is 2.33. The Balaban J connectivity index is 1.82. The van der Waals surface area contributed by atoms with Crippen LogP contribution in [0.15, 0.2) is 54.7 Å². The van der Waals surface area contributed by atoms with Crippen molar-refractivity contribution < 1.29 is 9.59 Å². The van der Waals surface area contributed by atoms with Crippen LogP contribution in [0.3, 0.4) is 0 Å². The number of carbonyl (C=O) groups excluding carboxylic acids is 2. The molecule has 3 rings (SSSR count). The van der Waals surface area contributed by atoms with Gasteiger partial charge in [0.15, 0.2) is 5.82 Å². The summed E-state index contributed by atoms with van der Waals surface area (Å²) < 4.78 is 1.73. The van der Waals surface area contributed by atoms with Gasteiger partial charge in [-0.05, 0) is 16.3 Å². The maximum atomic E-state index is 11.3. The lowest BCUT2D eigenvalue weighted by molar-refractivity contribution is -0.133. The Morgan fingerprint density at radius 2 is 1.86 bits per heavy atom. The third kappa shape index (κ3) is 2.88. The number of Topliss-reactive ketones (excluding diaryl/α,β-unsaturated/α-hetero) is 1. The highest BCUT2D eigenvalue weighted by atomic mass is 16.2. The van der Waals surface area contributed by atoms with Gasteiger partial charge in [0.2, 0.25) is 5.78 Å². The summed E-state index contributed by atoms with van der Waals surface area (Å²) in [7, 11) is 0. The molecule has 1 N–H and O–H groups in total. The van der Waals surface area contributed by atoms with Crippen LogP contribution >= 0.6 is 0 Å². The number of rotatable bonds is 4. The summed E-state index contributed by atoms with van der Waals surface area (Å²) in [5.41, 5.74) is 1.14. The van der Waals surface area contributed by atoms with Crippen LogP contribution in [-0.2, 0) is 16.1 Å². The van der Waals surface area contributed by atoms with E-state index in [9.17, 15) is 9.59 Å². The van der Waals surface area contributed by atoms with Crippen molar-refractivity contribution in [1.29, 1.82) is 0 Å². The zero-order valence-electron chi connectivity index (χ0n) is 12.1. The monoisotopic (exact) mass is 293 g/mol. The summed E-state index contributed by atoms with van der Waals surface area (Å²) in [4.78, 5) is 22.3. The minimum Gasteiger partial charge on any atom is -0.303 e. The largest absolute Gasteiger partial charge is 0.303 e. The molecule has 3 aromatic rings. The first-order chi connectivity index (χ1) is 10.6. The Bertz CT molecular complexity index is 846. The first-order valence-corrected chi connectivity index (χ1v) is 6.95. The molecule has 0 aliphatic rings. The standard InChI is InChI=1S/C17H15N3O2/c1-12(21)17(22)18-16-9-10-20(19-16)11-14-7-4-6-13-5-2-3-8-15(13)14/h2-10H,11H2,1H3,(H,18,19,22). The van der Waals surface area contributed by atoms with Gasteiger partial charge in [-0.3, -0.25) is 14.3 Å². The second-order valence-corrected chi connectivity index (χ2v) is 5.05. The molecule has 110 valence electrons. The summed E-state index contributed by atoms with van der Waals surface area (Å²) in [6.07, 6.45) is 1.78. The van der Waals surface area contributed by atoms with Gasteiger partial charge >= 0.3 is 0 Å². The van der Waals surface area contributed by atoms with E-state index in [1.165, 1.54) is 17.7 Å². The summed E-state index contributed by atoms with van der Waals surface area (Å²) in [6, 6.07) is 16.0. The molecule has 0 aliphatic carbocycles. The van der Waals surface area contributed by atoms with Crippen molar-refractivity contribution in [1.82, 2.24) is 9.78 Å². The number of ketones is 1. The maximum Gasteiger partial charge on any atom is 0.292 e. The molecule has 0 fully saturated rings. The molecule has 0 unspecified atom stereocenters. The number of carbonyl (C=O) groups is 2. The molecule has 5 nitrogen and oxygen atoms in total. The first-order valence-electron chi connectivity index (χ1n) is 6.95. The topological polar surface area (TPSA) is 64.0 Å². The van der Waals surface area contributed by atoms with Gasteiger partial charge in [0.05, 0.1) is 6.54 Å². The smallest absolute Gasteiger partial charge is 0.292 e. The third-order valence-electron chi connectivity index (χ3n) is 3.41. The molecule has 0 atom stereocenters. The highest BCUT2D eigenvalue weighted by Gasteiger charge is 2.09. The van der Waals surface area contributed by atoms with E-state index >= 15 is 0 Å². The highest BCUT2D eigenvalue weighted by Crippen LogP contribution is 2.19. The number of hydrogen-bond acceptors (Lipinski definition) is 3. The Morgan fingerprint density at radius 1 is 1.09 bits per heavy atom. The predicted molar refractivity (Wildman–Crippen MR) is 84.6 cm³/mol. The minimum absolute atomic E-state index is 0.375. The lowest BCUT2D eigenvalue weighted by atomic mass is 10.0. The van der Waals surface area contributed by atoms with E-state index < -0.39 is 11.7 Å². The number of fused-ring (bicyclic) bond motifs is 1. The second kappa shape index (κ2) is 5.81. The van der Waals surface area contributed by atoms with E-state index in [1.54, 1.807) is 16.9 Å². The number of nitrogens with one attached hydrogen (secondary N) is 1. The van der Waals surface area contributed by atoms with Crippen LogP contribution in [0.5, 0.6) is 0 Å². The van der Waals surface area contributed by atoms with E-state index in [0.29, 0.717) is 12.4 Å². The van der Waals surface area contributed by atoms with Crippen LogP contribution in [0.2, 0.25) is 0 Å². The van der Waals surface area contributed by atoms with Crippen molar-refractivity contribution in [3.8, 4) is 0 Å². The Hall–Kier alpha value is -2.95. The number of benzene rings is 2. The number of amides is 1. The number of aromatic nitrogens is 2. The molecule has 2 aromatic carbocycles. The summed E-state index contributed by atoms with van der Waals surface area (Å²) in [6.45, 7) is 1.82. The van der Waals surface area contributed by atoms with Crippen molar-refractivity contribution in [3.05, 3.63) is 60.3 Å². The molecule has 1 amide bonds. The molecule has 22 heavy (non-hydrogen) atoms. The summed E-state index contributed by atoms with van der Waals surface area (Å²) >= 11 is 0. The first kappa shape index (κ1) is 14.0. The van der Waals surface area contributed by atoms with E-state index in [2.05, 4.69) is 34.7 Å². The van der Waals surface area contributed by atoms with Gasteiger partial charge in [-0.15, -0.1) is 0 Å². The number of nitrogens with zero attached hydrogens (tertiary/aromatic N) is 2. The second-order valence-electron chi connectivity index (χ2n) is 5.05. The Kier molecular flexibility index (Phi) is 3.70. The fraction of sp³-hybridized carbons (Fsp3) is 0.118. The van der Waals surface area contributed by atoms with E-state index in [4.69, 9.17) is 0 Å². The quantitative estimate of drug-likeness (QED) is 0.752. The zero-order valence-corrected chi connectivity index (χ0v) is 12.1. The minimum atomic E-state index is -0.657. The van der Waals surface area contributed by atoms with Gasteiger partial charge in [-0.2, -0.15) is 5.10 Å². The van der Waals surface area contributed by atoms with Crippen LogP contribution in [0, 0.1) is 0 Å². The van der Waals surface area contributed by atoms with Crippen LogP contribution < -0.4 is 5.32 Å². The van der Waals surface area contributed by atoms with Crippen LogP contribution in [-0.4, -0.2) is 21.5 Å². The molecule has 0 spiro atoms. The van der Waals surface area contributed by atoms with Crippen molar-refractivity contribution in [3.63, 3.8) is 0 Å². The van der Waals surface area contributed by atoms with Gasteiger partial charge in [0.25, 0.3) is 5.91 Å². The molecule has 0 radical (unpaired) electrons. The molecule has 1 aromatic heterocycles. The van der Waals surface area contributed by atoms with Gasteiger partial charge in [0.1, 0.15) is 0 Å². The molecule has 0 aliphatic heterocycles. The fourth-order valence-electron chi connectivity index (χ4n) is 2.33. The molecule has 5 heteroatoms. The molecule has 1 heterocycles. The van der Waals surface area contributed by atoms with Crippen LogP contribution in [0.25, 0.3) is 10.8 Å². The van der Waals surface area contributed by atoms with Crippen molar-refractivity contribution >= 4 is 28.3 Å². The average Bonchev–Trinajstić information content (AvgIpc) is 2.94. The van der Waals surface area contributed by atoms with E-state index in [0.717, 1.165) is 5.56 Å². The number of hydrogen-bond donors (Lipinski definition) is 1. The van der Waals surface area contributed by atoms with Gasteiger partial charge in [-0.1, -0.05) is 42.5 Å². The highest BCUT2D eigenvalue weighted by molar-refractivity contribution is 6.39. The van der Waals surface area contributed by atoms with E-state index in [-0.39, 0.29) is 0 Å². The normalized spacial score (nSPS) is 10.6. The lowest BCUT2D eigenvalue weighted by Crippen LogP contribution is -2.20. The SMILES string of the molecule is CC(=O)C(=O)Nc1ccn(Cc2cccc3ccccc23)n1. The number of anilines is 1. The van der Waals surface area contributed by atoms with E-state index in [1.807, 2.05) is 18.2 Å². The van der Waals surface area contributed by atoms with Gasteiger partial charge in [0, 0.05) is 19.2 Å². The molecule has 0 bridgehead atoms. The molecule has 0 saturated heterocycles. The molecule has 0 saturated carbocycles. The Labute approximate surface area is 127 Å². The van der Waals surface area contributed by atoms with Gasteiger partial charge < -0.3 is 5.32 Å². The lowest BCUT2D eigenvalue weighted by Gasteiger charge is -2.06. The summed E-state index contributed by atoms with van der Waals surface area (Å²) in [5.74, 6) is -0.820.